The standard InChI is InChI=1S/C21H17F3N4O2/c1-20(2,29)19-27-26-17-12-13(9-11-28(17)19)16-4-3-10-25-18(16)30-15-7-5-14(6-8-15)21(22,23)24/h3-12,29H,1-2H3. The van der Waals surface area contributed by atoms with Crippen molar-refractivity contribution in [2.45, 2.75) is 25.6 Å². The molecule has 0 fully saturated rings. The van der Waals surface area contributed by atoms with Crippen LogP contribution in [0.2, 0.25) is 0 Å². The largest absolute Gasteiger partial charge is 0.438 e. The molecule has 0 atom stereocenters. The van der Waals surface area contributed by atoms with Gasteiger partial charge >= 0.3 is 6.18 Å². The zero-order chi connectivity index (χ0) is 21.5. The van der Waals surface area contributed by atoms with E-state index in [1.807, 2.05) is 0 Å². The normalized spacial score (nSPS) is 12.3. The maximum absolute atomic E-state index is 12.8. The monoisotopic (exact) mass is 414 g/mol. The van der Waals surface area contributed by atoms with Crippen LogP contribution in [0.5, 0.6) is 11.6 Å². The molecule has 154 valence electrons. The summed E-state index contributed by atoms with van der Waals surface area (Å²) in [5.41, 5.74) is -0.0312. The first-order chi connectivity index (χ1) is 14.1. The Kier molecular flexibility index (Phi) is 4.70. The molecular weight excluding hydrogens is 397 g/mol. The van der Waals surface area contributed by atoms with Crippen molar-refractivity contribution < 1.29 is 23.0 Å². The van der Waals surface area contributed by atoms with Crippen LogP contribution in [0.1, 0.15) is 25.2 Å². The van der Waals surface area contributed by atoms with E-state index in [2.05, 4.69) is 15.2 Å². The van der Waals surface area contributed by atoms with Crippen LogP contribution in [0.25, 0.3) is 16.8 Å². The van der Waals surface area contributed by atoms with Crippen LogP contribution >= 0.6 is 0 Å². The van der Waals surface area contributed by atoms with Gasteiger partial charge in [-0.15, -0.1) is 10.2 Å². The highest BCUT2D eigenvalue weighted by molar-refractivity contribution is 5.71. The molecule has 0 aliphatic heterocycles. The van der Waals surface area contributed by atoms with Crippen LogP contribution in [0.4, 0.5) is 13.2 Å². The average molecular weight is 414 g/mol. The lowest BCUT2D eigenvalue weighted by Gasteiger charge is -2.15. The van der Waals surface area contributed by atoms with E-state index in [0.717, 1.165) is 17.7 Å². The lowest BCUT2D eigenvalue weighted by molar-refractivity contribution is -0.137. The van der Waals surface area contributed by atoms with Gasteiger partial charge in [0.15, 0.2) is 11.5 Å². The van der Waals surface area contributed by atoms with Gasteiger partial charge in [0.25, 0.3) is 0 Å². The molecule has 0 saturated heterocycles. The van der Waals surface area contributed by atoms with Crippen LogP contribution in [0.3, 0.4) is 0 Å². The van der Waals surface area contributed by atoms with E-state index in [4.69, 9.17) is 4.74 Å². The third kappa shape index (κ3) is 3.84. The van der Waals surface area contributed by atoms with E-state index in [0.29, 0.717) is 17.0 Å². The van der Waals surface area contributed by atoms with Gasteiger partial charge in [0.1, 0.15) is 11.4 Å². The summed E-state index contributed by atoms with van der Waals surface area (Å²) in [6.45, 7) is 3.24. The number of halogens is 3. The van der Waals surface area contributed by atoms with Crippen LogP contribution in [0.15, 0.2) is 60.9 Å². The van der Waals surface area contributed by atoms with Crippen molar-refractivity contribution in [2.75, 3.05) is 0 Å². The summed E-state index contributed by atoms with van der Waals surface area (Å²) in [4.78, 5) is 4.22. The highest BCUT2D eigenvalue weighted by Gasteiger charge is 2.30. The summed E-state index contributed by atoms with van der Waals surface area (Å²) in [6.07, 6.45) is -1.15. The van der Waals surface area contributed by atoms with E-state index in [1.54, 1.807) is 48.7 Å². The number of pyridine rings is 2. The zero-order valence-corrected chi connectivity index (χ0v) is 16.1. The maximum Gasteiger partial charge on any atom is 0.416 e. The Bertz CT molecular complexity index is 1200. The fraction of sp³-hybridized carbons (Fsp3) is 0.190. The third-order valence-corrected chi connectivity index (χ3v) is 4.44. The fourth-order valence-corrected chi connectivity index (χ4v) is 2.99. The van der Waals surface area contributed by atoms with Crippen LogP contribution < -0.4 is 4.74 Å². The molecule has 0 aliphatic rings. The number of ether oxygens (including phenoxy) is 1. The third-order valence-electron chi connectivity index (χ3n) is 4.44. The van der Waals surface area contributed by atoms with Gasteiger partial charge in [-0.25, -0.2) is 4.98 Å². The van der Waals surface area contributed by atoms with Gasteiger partial charge in [-0.05, 0) is 67.9 Å². The summed E-state index contributed by atoms with van der Waals surface area (Å²) < 4.78 is 45.7. The molecule has 4 aromatic rings. The molecule has 1 aromatic carbocycles. The molecule has 0 spiro atoms. The van der Waals surface area contributed by atoms with Crippen molar-refractivity contribution in [2.24, 2.45) is 0 Å². The lowest BCUT2D eigenvalue weighted by atomic mass is 10.1. The minimum Gasteiger partial charge on any atom is -0.438 e. The van der Waals surface area contributed by atoms with E-state index in [9.17, 15) is 18.3 Å². The second-order valence-corrected chi connectivity index (χ2v) is 7.21. The van der Waals surface area contributed by atoms with Gasteiger partial charge in [0.05, 0.1) is 5.56 Å². The van der Waals surface area contributed by atoms with Gasteiger partial charge in [0.2, 0.25) is 5.88 Å². The predicted octanol–water partition coefficient (Wildman–Crippen LogP) is 4.83. The summed E-state index contributed by atoms with van der Waals surface area (Å²) in [5, 5.41) is 18.4. The van der Waals surface area contributed by atoms with Crippen LogP contribution in [0, 0.1) is 0 Å². The second-order valence-electron chi connectivity index (χ2n) is 7.21. The molecule has 9 heteroatoms. The van der Waals surface area contributed by atoms with Gasteiger partial charge in [-0.3, -0.25) is 4.40 Å². The van der Waals surface area contributed by atoms with Gasteiger partial charge in [-0.2, -0.15) is 13.2 Å². The van der Waals surface area contributed by atoms with Crippen molar-refractivity contribution in [1.29, 1.82) is 0 Å². The molecule has 6 nitrogen and oxygen atoms in total. The van der Waals surface area contributed by atoms with Crippen molar-refractivity contribution >= 4 is 5.65 Å². The van der Waals surface area contributed by atoms with Crippen molar-refractivity contribution in [3.63, 3.8) is 0 Å². The SMILES string of the molecule is CC(C)(O)c1nnc2cc(-c3cccnc3Oc3ccc(C(F)(F)F)cc3)ccn12. The molecular formula is C21H17F3N4O2. The Hall–Kier alpha value is -3.46. The Morgan fingerprint density at radius 2 is 1.73 bits per heavy atom. The highest BCUT2D eigenvalue weighted by atomic mass is 19.4. The highest BCUT2D eigenvalue weighted by Crippen LogP contribution is 2.34. The number of fused-ring (bicyclic) bond motifs is 1. The molecule has 0 bridgehead atoms. The number of nitrogens with zero attached hydrogens (tertiary/aromatic N) is 4. The van der Waals surface area contributed by atoms with Crippen molar-refractivity contribution in [3.8, 4) is 22.8 Å². The quantitative estimate of drug-likeness (QED) is 0.518. The molecule has 0 amide bonds. The first-order valence-corrected chi connectivity index (χ1v) is 9.01. The van der Waals surface area contributed by atoms with Crippen LogP contribution in [-0.2, 0) is 11.8 Å². The number of alkyl halides is 3. The maximum atomic E-state index is 12.8. The fourth-order valence-electron chi connectivity index (χ4n) is 2.99. The molecule has 0 unspecified atom stereocenters. The molecule has 1 N–H and O–H groups in total. The second kappa shape index (κ2) is 7.10. The van der Waals surface area contributed by atoms with E-state index >= 15 is 0 Å². The number of aliphatic hydroxyl groups is 1. The van der Waals surface area contributed by atoms with E-state index < -0.39 is 17.3 Å². The molecule has 0 saturated carbocycles. The molecule has 3 aromatic heterocycles. The summed E-state index contributed by atoms with van der Waals surface area (Å²) in [6, 6.07) is 11.5. The number of hydrogen-bond acceptors (Lipinski definition) is 5. The Morgan fingerprint density at radius 3 is 2.40 bits per heavy atom. The zero-order valence-electron chi connectivity index (χ0n) is 16.1. The minimum atomic E-state index is -4.41. The number of hydrogen-bond donors (Lipinski definition) is 1. The van der Waals surface area contributed by atoms with Gasteiger partial charge in [0, 0.05) is 18.0 Å². The van der Waals surface area contributed by atoms with E-state index in [1.165, 1.54) is 18.3 Å². The number of aromatic nitrogens is 4. The number of benzene rings is 1. The smallest absolute Gasteiger partial charge is 0.416 e. The molecule has 4 rings (SSSR count). The van der Waals surface area contributed by atoms with Crippen molar-refractivity contribution in [1.82, 2.24) is 19.6 Å². The predicted molar refractivity (Wildman–Crippen MR) is 103 cm³/mol. The molecule has 30 heavy (non-hydrogen) atoms. The topological polar surface area (TPSA) is 72.5 Å². The van der Waals surface area contributed by atoms with E-state index in [-0.39, 0.29) is 11.6 Å². The Labute approximate surface area is 169 Å². The average Bonchev–Trinajstić information content (AvgIpc) is 3.12. The molecule has 0 radical (unpaired) electrons. The first kappa shape index (κ1) is 19.8. The Balaban J connectivity index is 1.68. The molecule has 3 heterocycles. The number of rotatable bonds is 4. The van der Waals surface area contributed by atoms with Gasteiger partial charge in [-0.1, -0.05) is 0 Å². The summed E-state index contributed by atoms with van der Waals surface area (Å²) in [7, 11) is 0. The first-order valence-electron chi connectivity index (χ1n) is 9.01. The van der Waals surface area contributed by atoms with Crippen molar-refractivity contribution in [3.05, 3.63) is 72.3 Å². The Morgan fingerprint density at radius 1 is 1.00 bits per heavy atom. The summed E-state index contributed by atoms with van der Waals surface area (Å²) >= 11 is 0. The molecule has 0 aliphatic carbocycles. The minimum absolute atomic E-state index is 0.232. The van der Waals surface area contributed by atoms with Crippen LogP contribution in [-0.4, -0.2) is 24.7 Å². The lowest BCUT2D eigenvalue weighted by Crippen LogP contribution is -2.19. The summed E-state index contributed by atoms with van der Waals surface area (Å²) in [5.74, 6) is 0.871. The van der Waals surface area contributed by atoms with Gasteiger partial charge < -0.3 is 9.84 Å².